The van der Waals surface area contributed by atoms with Crippen LogP contribution in [-0.4, -0.2) is 17.4 Å². The minimum absolute atomic E-state index is 0.0746. The number of fused-ring (bicyclic) bond motifs is 1. The minimum Gasteiger partial charge on any atom is -0.459 e. The molecule has 3 heteroatoms. The molecule has 0 aromatic carbocycles. The summed E-state index contributed by atoms with van der Waals surface area (Å²) in [6.45, 7) is 5.93. The van der Waals surface area contributed by atoms with Crippen molar-refractivity contribution in [2.24, 2.45) is 23.2 Å². The number of carbonyl (C=O) groups is 2. The summed E-state index contributed by atoms with van der Waals surface area (Å²) in [7, 11) is 0. The van der Waals surface area contributed by atoms with E-state index in [2.05, 4.69) is 0 Å². The fourth-order valence-corrected chi connectivity index (χ4v) is 4.51. The highest BCUT2D eigenvalue weighted by atomic mass is 16.6. The zero-order chi connectivity index (χ0) is 14.5. The number of ether oxygens (including phenoxy) is 1. The molecule has 0 N–H and O–H groups in total. The van der Waals surface area contributed by atoms with Crippen molar-refractivity contribution in [2.45, 2.75) is 71.3 Å². The maximum Gasteiger partial charge on any atom is 0.312 e. The van der Waals surface area contributed by atoms with Crippen LogP contribution in [0.3, 0.4) is 0 Å². The van der Waals surface area contributed by atoms with Gasteiger partial charge in [-0.15, -0.1) is 0 Å². The van der Waals surface area contributed by atoms with Crippen LogP contribution >= 0.6 is 0 Å². The second-order valence-electron chi connectivity index (χ2n) is 7.99. The number of carbonyl (C=O) groups excluding carboxylic acids is 2. The van der Waals surface area contributed by atoms with E-state index in [-0.39, 0.29) is 17.5 Å². The van der Waals surface area contributed by atoms with E-state index in [1.54, 1.807) is 0 Å². The van der Waals surface area contributed by atoms with Crippen molar-refractivity contribution >= 4 is 11.8 Å². The molecule has 4 aliphatic rings. The van der Waals surface area contributed by atoms with Gasteiger partial charge in [0.2, 0.25) is 0 Å². The molecular weight excluding hydrogens is 252 g/mol. The summed E-state index contributed by atoms with van der Waals surface area (Å²) in [5.74, 6) is 1.54. The first-order valence-corrected chi connectivity index (χ1v) is 8.10. The van der Waals surface area contributed by atoms with Crippen LogP contribution < -0.4 is 0 Å². The molecule has 0 heterocycles. The van der Waals surface area contributed by atoms with Crippen molar-refractivity contribution in [3.05, 3.63) is 0 Å². The van der Waals surface area contributed by atoms with Gasteiger partial charge in [-0.05, 0) is 64.2 Å². The second-order valence-corrected chi connectivity index (χ2v) is 7.99. The largest absolute Gasteiger partial charge is 0.459 e. The highest BCUT2D eigenvalue weighted by Gasteiger charge is 2.54. The molecule has 4 saturated carbocycles. The quantitative estimate of drug-likeness (QED) is 0.742. The molecule has 4 bridgehead atoms. The minimum atomic E-state index is -0.414. The van der Waals surface area contributed by atoms with Gasteiger partial charge in [0.15, 0.2) is 0 Å². The number of ketones is 1. The Bertz CT molecular complexity index is 440. The Morgan fingerprint density at radius 3 is 2.65 bits per heavy atom. The average molecular weight is 278 g/mol. The van der Waals surface area contributed by atoms with Crippen LogP contribution in [0.25, 0.3) is 0 Å². The lowest BCUT2D eigenvalue weighted by Crippen LogP contribution is -2.48. The first kappa shape index (κ1) is 14.1. The Kier molecular flexibility index (Phi) is 3.22. The molecule has 112 valence electrons. The second kappa shape index (κ2) is 4.57. The molecule has 0 aromatic heterocycles. The summed E-state index contributed by atoms with van der Waals surface area (Å²) in [5.41, 5.74) is -0.742. The van der Waals surface area contributed by atoms with E-state index in [9.17, 15) is 9.59 Å². The van der Waals surface area contributed by atoms with Crippen LogP contribution in [0.5, 0.6) is 0 Å². The lowest BCUT2D eigenvalue weighted by Gasteiger charge is -2.47. The first-order valence-electron chi connectivity index (χ1n) is 8.10. The topological polar surface area (TPSA) is 43.4 Å². The van der Waals surface area contributed by atoms with Gasteiger partial charge in [-0.25, -0.2) is 0 Å². The van der Waals surface area contributed by atoms with E-state index in [4.69, 9.17) is 4.74 Å². The lowest BCUT2D eigenvalue weighted by molar-refractivity contribution is -0.184. The number of hydrogen-bond donors (Lipinski definition) is 0. The molecule has 0 spiro atoms. The zero-order valence-corrected chi connectivity index (χ0v) is 12.9. The Labute approximate surface area is 121 Å². The van der Waals surface area contributed by atoms with Crippen LogP contribution in [0.15, 0.2) is 0 Å². The number of hydrogen-bond acceptors (Lipinski definition) is 3. The summed E-state index contributed by atoms with van der Waals surface area (Å²) in [4.78, 5) is 24.7. The van der Waals surface area contributed by atoms with Gasteiger partial charge in [0.25, 0.3) is 0 Å². The summed E-state index contributed by atoms with van der Waals surface area (Å²) < 4.78 is 6.04. The SMILES string of the molecule is CCC(C)(C)C(=O)OC12CC3CC(=O)C(CC(C3)C1)C2. The van der Waals surface area contributed by atoms with E-state index >= 15 is 0 Å². The highest BCUT2D eigenvalue weighted by Crippen LogP contribution is 2.54. The summed E-state index contributed by atoms with van der Waals surface area (Å²) >= 11 is 0. The standard InChI is InChI=1S/C17H26O3/c1-4-16(2,3)15(19)20-17-8-11-5-12(9-17)7-14(18)13(6-11)10-17/h11-13H,4-10H2,1-3H3. The number of esters is 1. The normalized spacial score (nSPS) is 39.8. The van der Waals surface area contributed by atoms with E-state index in [1.165, 1.54) is 6.42 Å². The van der Waals surface area contributed by atoms with Crippen LogP contribution in [0, 0.1) is 23.2 Å². The van der Waals surface area contributed by atoms with Crippen LogP contribution in [0.2, 0.25) is 0 Å². The van der Waals surface area contributed by atoms with Crippen molar-refractivity contribution in [1.82, 2.24) is 0 Å². The van der Waals surface area contributed by atoms with E-state index < -0.39 is 5.41 Å². The average Bonchev–Trinajstić information content (AvgIpc) is 2.51. The molecule has 3 nitrogen and oxygen atoms in total. The molecule has 20 heavy (non-hydrogen) atoms. The maximum absolute atomic E-state index is 12.5. The third-order valence-electron chi connectivity index (χ3n) is 5.92. The van der Waals surface area contributed by atoms with Gasteiger partial charge in [0, 0.05) is 12.3 Å². The van der Waals surface area contributed by atoms with Gasteiger partial charge in [0.05, 0.1) is 5.41 Å². The maximum atomic E-state index is 12.5. The van der Waals surface area contributed by atoms with Gasteiger partial charge in [0.1, 0.15) is 11.4 Å². The molecule has 0 saturated heterocycles. The number of Topliss-reactive ketones (excluding diaryl/α,β-unsaturated/α-hetero) is 1. The molecule has 0 amide bonds. The van der Waals surface area contributed by atoms with Gasteiger partial charge in [-0.1, -0.05) is 6.92 Å². The van der Waals surface area contributed by atoms with Crippen molar-refractivity contribution in [1.29, 1.82) is 0 Å². The molecule has 0 aromatic rings. The highest BCUT2D eigenvalue weighted by molar-refractivity contribution is 5.82. The molecule has 4 rings (SSSR count). The summed E-state index contributed by atoms with van der Waals surface area (Å²) in [6, 6.07) is 0. The summed E-state index contributed by atoms with van der Waals surface area (Å²) in [5, 5.41) is 0. The van der Waals surface area contributed by atoms with Gasteiger partial charge in [-0.2, -0.15) is 0 Å². The van der Waals surface area contributed by atoms with Crippen molar-refractivity contribution in [2.75, 3.05) is 0 Å². The van der Waals surface area contributed by atoms with Crippen molar-refractivity contribution in [3.8, 4) is 0 Å². The van der Waals surface area contributed by atoms with Crippen molar-refractivity contribution < 1.29 is 14.3 Å². The molecule has 4 atom stereocenters. The molecule has 0 aliphatic heterocycles. The zero-order valence-electron chi connectivity index (χ0n) is 12.9. The Morgan fingerprint density at radius 1 is 1.25 bits per heavy atom. The smallest absolute Gasteiger partial charge is 0.312 e. The molecule has 4 unspecified atom stereocenters. The van der Waals surface area contributed by atoms with Crippen molar-refractivity contribution in [3.63, 3.8) is 0 Å². The van der Waals surface area contributed by atoms with Gasteiger partial charge >= 0.3 is 5.97 Å². The van der Waals surface area contributed by atoms with E-state index in [0.717, 1.165) is 38.5 Å². The monoisotopic (exact) mass is 278 g/mol. The van der Waals surface area contributed by atoms with Crippen LogP contribution in [-0.2, 0) is 14.3 Å². The summed E-state index contributed by atoms with van der Waals surface area (Å²) in [6.07, 6.45) is 6.39. The van der Waals surface area contributed by atoms with Crippen LogP contribution in [0.4, 0.5) is 0 Å². The third kappa shape index (κ3) is 2.29. The molecular formula is C17H26O3. The third-order valence-corrected chi connectivity index (χ3v) is 5.92. The Morgan fingerprint density at radius 2 is 1.95 bits per heavy atom. The Balaban J connectivity index is 1.82. The van der Waals surface area contributed by atoms with E-state index in [0.29, 0.717) is 17.6 Å². The molecule has 4 aliphatic carbocycles. The number of rotatable bonds is 3. The van der Waals surface area contributed by atoms with Crippen LogP contribution in [0.1, 0.15) is 65.7 Å². The molecule has 4 fully saturated rings. The van der Waals surface area contributed by atoms with Gasteiger partial charge < -0.3 is 4.74 Å². The first-order chi connectivity index (χ1) is 9.33. The Hall–Kier alpha value is -0.860. The predicted octanol–water partition coefficient (Wildman–Crippen LogP) is 3.50. The fraction of sp³-hybridized carbons (Fsp3) is 0.882. The lowest BCUT2D eigenvalue weighted by atomic mass is 9.64. The fourth-order valence-electron chi connectivity index (χ4n) is 4.51. The van der Waals surface area contributed by atoms with E-state index in [1.807, 2.05) is 20.8 Å². The predicted molar refractivity (Wildman–Crippen MR) is 76.1 cm³/mol. The molecule has 0 radical (unpaired) electrons. The van der Waals surface area contributed by atoms with Gasteiger partial charge in [-0.3, -0.25) is 9.59 Å².